The highest BCUT2D eigenvalue weighted by molar-refractivity contribution is 5.34. The minimum absolute atomic E-state index is 0.198. The molecule has 21 heavy (non-hydrogen) atoms. The van der Waals surface area contributed by atoms with Crippen molar-refractivity contribution in [2.75, 3.05) is 0 Å². The topological polar surface area (TPSA) is 29.5 Å². The molecule has 0 saturated heterocycles. The summed E-state index contributed by atoms with van der Waals surface area (Å²) in [5, 5.41) is 9.38. The molecular formula is C19H24O2. The number of benzene rings is 2. The fourth-order valence-electron chi connectivity index (χ4n) is 2.48. The first-order valence-electron chi connectivity index (χ1n) is 7.53. The molecule has 0 fully saturated rings. The fraction of sp³-hybridized carbons (Fsp3) is 0.368. The molecule has 2 nitrogen and oxygen atoms in total. The summed E-state index contributed by atoms with van der Waals surface area (Å²) in [6.07, 6.45) is 0.198. The molecule has 0 saturated carbocycles. The number of hydrogen-bond acceptors (Lipinski definition) is 2. The van der Waals surface area contributed by atoms with Gasteiger partial charge >= 0.3 is 0 Å². The van der Waals surface area contributed by atoms with Gasteiger partial charge in [0.2, 0.25) is 0 Å². The molecule has 0 radical (unpaired) electrons. The minimum atomic E-state index is 0.198. The van der Waals surface area contributed by atoms with Gasteiger partial charge in [-0.1, -0.05) is 38.1 Å². The Labute approximate surface area is 127 Å². The van der Waals surface area contributed by atoms with E-state index in [0.717, 1.165) is 5.75 Å². The lowest BCUT2D eigenvalue weighted by molar-refractivity contribution is 0.242. The van der Waals surface area contributed by atoms with Gasteiger partial charge in [0.1, 0.15) is 11.5 Å². The lowest BCUT2D eigenvalue weighted by Gasteiger charge is -2.21. The Hall–Kier alpha value is -1.96. The highest BCUT2D eigenvalue weighted by Crippen LogP contribution is 2.33. The van der Waals surface area contributed by atoms with Crippen LogP contribution in [0.25, 0.3) is 0 Å². The zero-order valence-electron chi connectivity index (χ0n) is 13.2. The van der Waals surface area contributed by atoms with Crippen molar-refractivity contribution in [1.82, 2.24) is 0 Å². The second kappa shape index (κ2) is 6.66. The van der Waals surface area contributed by atoms with E-state index in [9.17, 15) is 5.11 Å². The normalized spacial score (nSPS) is 14.0. The van der Waals surface area contributed by atoms with Gasteiger partial charge < -0.3 is 9.84 Å². The molecule has 0 aliphatic rings. The van der Waals surface area contributed by atoms with Crippen LogP contribution in [0.1, 0.15) is 50.7 Å². The number of hydrogen-bond donors (Lipinski definition) is 1. The molecule has 0 aliphatic heterocycles. The van der Waals surface area contributed by atoms with E-state index in [4.69, 9.17) is 4.74 Å². The first-order valence-corrected chi connectivity index (χ1v) is 7.53. The van der Waals surface area contributed by atoms with E-state index in [1.54, 1.807) is 12.1 Å². The molecule has 2 aromatic rings. The van der Waals surface area contributed by atoms with Crippen molar-refractivity contribution in [3.05, 3.63) is 59.7 Å². The number of phenols is 1. The highest BCUT2D eigenvalue weighted by atomic mass is 16.5. The zero-order valence-corrected chi connectivity index (χ0v) is 13.2. The number of aromatic hydroxyl groups is 1. The molecule has 2 heteroatoms. The zero-order chi connectivity index (χ0) is 15.4. The van der Waals surface area contributed by atoms with Crippen LogP contribution < -0.4 is 4.74 Å². The Morgan fingerprint density at radius 3 is 1.57 bits per heavy atom. The Bertz CT molecular complexity index is 555. The lowest BCUT2D eigenvalue weighted by atomic mass is 9.84. The Morgan fingerprint density at radius 2 is 1.14 bits per heavy atom. The summed E-state index contributed by atoms with van der Waals surface area (Å²) in [6, 6.07) is 15.8. The van der Waals surface area contributed by atoms with Crippen LogP contribution in [0.5, 0.6) is 11.5 Å². The van der Waals surface area contributed by atoms with E-state index < -0.39 is 0 Å². The van der Waals surface area contributed by atoms with Gasteiger partial charge in [-0.25, -0.2) is 0 Å². The van der Waals surface area contributed by atoms with Gasteiger partial charge in [0.05, 0.1) is 6.10 Å². The molecule has 2 atom stereocenters. The molecule has 112 valence electrons. The second-order valence-electron chi connectivity index (χ2n) is 5.90. The third-order valence-electron chi connectivity index (χ3n) is 3.95. The fourth-order valence-corrected chi connectivity index (χ4v) is 2.48. The molecule has 2 aromatic carbocycles. The SMILES string of the molecule is CC(C)Oc1ccc(C(C)C(C)c2ccc(O)cc2)cc1. The standard InChI is InChI=1S/C19H24O2/c1-13(2)21-19-11-7-17(8-12-19)15(4)14(3)16-5-9-18(20)10-6-16/h5-15,20H,1-4H3. The quantitative estimate of drug-likeness (QED) is 0.829. The van der Waals surface area contributed by atoms with Gasteiger partial charge in [0.25, 0.3) is 0 Å². The average Bonchev–Trinajstić information content (AvgIpc) is 2.47. The summed E-state index contributed by atoms with van der Waals surface area (Å²) >= 11 is 0. The second-order valence-corrected chi connectivity index (χ2v) is 5.90. The van der Waals surface area contributed by atoms with Crippen molar-refractivity contribution < 1.29 is 9.84 Å². The molecule has 0 amide bonds. The maximum Gasteiger partial charge on any atom is 0.119 e. The molecule has 2 rings (SSSR count). The van der Waals surface area contributed by atoms with Crippen LogP contribution in [-0.4, -0.2) is 11.2 Å². The molecule has 0 aromatic heterocycles. The van der Waals surface area contributed by atoms with Crippen LogP contribution in [0.2, 0.25) is 0 Å². The van der Waals surface area contributed by atoms with Crippen molar-refractivity contribution in [2.45, 2.75) is 45.6 Å². The number of phenolic OH excluding ortho intramolecular Hbond substituents is 1. The van der Waals surface area contributed by atoms with Gasteiger partial charge in [0, 0.05) is 0 Å². The van der Waals surface area contributed by atoms with Gasteiger partial charge in [-0.15, -0.1) is 0 Å². The summed E-state index contributed by atoms with van der Waals surface area (Å²) in [7, 11) is 0. The smallest absolute Gasteiger partial charge is 0.119 e. The third kappa shape index (κ3) is 4.01. The summed E-state index contributed by atoms with van der Waals surface area (Å²) in [5.74, 6) is 2.03. The van der Waals surface area contributed by atoms with E-state index in [-0.39, 0.29) is 6.10 Å². The molecule has 1 N–H and O–H groups in total. The maximum atomic E-state index is 9.38. The van der Waals surface area contributed by atoms with Gasteiger partial charge in [0.15, 0.2) is 0 Å². The van der Waals surface area contributed by atoms with Crippen molar-refractivity contribution in [3.8, 4) is 11.5 Å². The minimum Gasteiger partial charge on any atom is -0.508 e. The number of ether oxygens (including phenoxy) is 1. The maximum absolute atomic E-state index is 9.38. The first-order chi connectivity index (χ1) is 9.97. The van der Waals surface area contributed by atoms with Gasteiger partial charge in [-0.2, -0.15) is 0 Å². The monoisotopic (exact) mass is 284 g/mol. The van der Waals surface area contributed by atoms with E-state index in [1.807, 2.05) is 38.1 Å². The van der Waals surface area contributed by atoms with E-state index >= 15 is 0 Å². The molecule has 0 spiro atoms. The van der Waals surface area contributed by atoms with Crippen molar-refractivity contribution >= 4 is 0 Å². The Morgan fingerprint density at radius 1 is 0.714 bits per heavy atom. The molecule has 2 unspecified atom stereocenters. The van der Waals surface area contributed by atoms with Crippen molar-refractivity contribution in [2.24, 2.45) is 0 Å². The predicted octanol–water partition coefficient (Wildman–Crippen LogP) is 5.09. The molecule has 0 bridgehead atoms. The van der Waals surface area contributed by atoms with Crippen LogP contribution in [0.15, 0.2) is 48.5 Å². The van der Waals surface area contributed by atoms with Gasteiger partial charge in [-0.05, 0) is 61.1 Å². The molecule has 0 aliphatic carbocycles. The highest BCUT2D eigenvalue weighted by Gasteiger charge is 2.16. The predicted molar refractivity (Wildman–Crippen MR) is 87.1 cm³/mol. The van der Waals surface area contributed by atoms with Crippen LogP contribution in [-0.2, 0) is 0 Å². The Kier molecular flexibility index (Phi) is 4.89. The largest absolute Gasteiger partial charge is 0.508 e. The summed E-state index contributed by atoms with van der Waals surface area (Å²) in [6.45, 7) is 8.51. The summed E-state index contributed by atoms with van der Waals surface area (Å²) < 4.78 is 5.68. The van der Waals surface area contributed by atoms with Gasteiger partial charge in [-0.3, -0.25) is 0 Å². The van der Waals surface area contributed by atoms with E-state index in [1.165, 1.54) is 11.1 Å². The van der Waals surface area contributed by atoms with E-state index in [2.05, 4.69) is 26.0 Å². The van der Waals surface area contributed by atoms with Crippen LogP contribution in [0.3, 0.4) is 0 Å². The molecule has 0 heterocycles. The molecular weight excluding hydrogens is 260 g/mol. The number of rotatable bonds is 5. The summed E-state index contributed by atoms with van der Waals surface area (Å²) in [4.78, 5) is 0. The van der Waals surface area contributed by atoms with Crippen LogP contribution in [0, 0.1) is 0 Å². The van der Waals surface area contributed by atoms with Crippen molar-refractivity contribution in [3.63, 3.8) is 0 Å². The lowest BCUT2D eigenvalue weighted by Crippen LogP contribution is -2.07. The van der Waals surface area contributed by atoms with Crippen LogP contribution in [0.4, 0.5) is 0 Å². The van der Waals surface area contributed by atoms with Crippen LogP contribution >= 0.6 is 0 Å². The average molecular weight is 284 g/mol. The third-order valence-corrected chi connectivity index (χ3v) is 3.95. The first kappa shape index (κ1) is 15.4. The van der Waals surface area contributed by atoms with Crippen molar-refractivity contribution in [1.29, 1.82) is 0 Å². The summed E-state index contributed by atoms with van der Waals surface area (Å²) in [5.41, 5.74) is 2.54. The van der Waals surface area contributed by atoms with E-state index in [0.29, 0.717) is 17.6 Å². The Balaban J connectivity index is 2.11.